The molecule has 0 heterocycles. The average Bonchev–Trinajstić information content (AvgIpc) is 2.14. The molecule has 0 bridgehead atoms. The third-order valence-corrected chi connectivity index (χ3v) is 2.15. The number of aryl methyl sites for hydroxylation is 1. The van der Waals surface area contributed by atoms with Crippen molar-refractivity contribution in [2.24, 2.45) is 0 Å². The molecule has 0 atom stereocenters. The van der Waals surface area contributed by atoms with Gasteiger partial charge in [-0.05, 0) is 39.3 Å². The lowest BCUT2D eigenvalue weighted by Gasteiger charge is -2.21. The maximum Gasteiger partial charge on any atom is 0.269 e. The summed E-state index contributed by atoms with van der Waals surface area (Å²) in [4.78, 5) is 22.0. The summed E-state index contributed by atoms with van der Waals surface area (Å²) in [5.74, 6) is -0.218. The van der Waals surface area contributed by atoms with Crippen LogP contribution in [-0.2, 0) is 0 Å². The summed E-state index contributed by atoms with van der Waals surface area (Å²) in [6.07, 6.45) is 0. The third kappa shape index (κ3) is 3.55. The second kappa shape index (κ2) is 4.53. The Kier molecular flexibility index (Phi) is 3.50. The number of non-ortho nitro benzene ring substituents is 1. The van der Waals surface area contributed by atoms with E-state index in [1.165, 1.54) is 18.2 Å². The Morgan fingerprint density at radius 2 is 1.94 bits per heavy atom. The van der Waals surface area contributed by atoms with Gasteiger partial charge in [0.05, 0.1) is 4.92 Å². The molecule has 1 rings (SSSR count). The highest BCUT2D eigenvalue weighted by molar-refractivity contribution is 5.96. The second-order valence-corrected chi connectivity index (χ2v) is 4.96. The molecule has 0 fully saturated rings. The van der Waals surface area contributed by atoms with E-state index in [0.29, 0.717) is 11.1 Å². The highest BCUT2D eigenvalue weighted by Crippen LogP contribution is 2.17. The fourth-order valence-electron chi connectivity index (χ4n) is 1.42. The predicted molar refractivity (Wildman–Crippen MR) is 65.1 cm³/mol. The molecule has 0 saturated heterocycles. The van der Waals surface area contributed by atoms with Crippen LogP contribution in [0.5, 0.6) is 0 Å². The van der Waals surface area contributed by atoms with Gasteiger partial charge in [-0.3, -0.25) is 14.9 Å². The fraction of sp³-hybridized carbons (Fsp3) is 0.417. The highest BCUT2D eigenvalue weighted by atomic mass is 16.6. The predicted octanol–water partition coefficient (Wildman–Crippen LogP) is 2.43. The monoisotopic (exact) mass is 236 g/mol. The topological polar surface area (TPSA) is 72.2 Å². The Balaban J connectivity index is 3.00. The normalized spacial score (nSPS) is 11.1. The molecule has 0 spiro atoms. The first-order valence-electron chi connectivity index (χ1n) is 5.28. The summed E-state index contributed by atoms with van der Waals surface area (Å²) in [6, 6.07) is 4.22. The van der Waals surface area contributed by atoms with Gasteiger partial charge >= 0.3 is 0 Å². The van der Waals surface area contributed by atoms with Gasteiger partial charge in [-0.1, -0.05) is 0 Å². The number of carbonyl (C=O) groups excluding carboxylic acids is 1. The van der Waals surface area contributed by atoms with Gasteiger partial charge in [-0.15, -0.1) is 0 Å². The van der Waals surface area contributed by atoms with E-state index >= 15 is 0 Å². The minimum Gasteiger partial charge on any atom is -0.347 e. The number of nitrogens with zero attached hydrogens (tertiary/aromatic N) is 1. The molecule has 0 unspecified atom stereocenters. The molecule has 1 aromatic rings. The summed E-state index contributed by atoms with van der Waals surface area (Å²) < 4.78 is 0. The lowest BCUT2D eigenvalue weighted by Crippen LogP contribution is -2.40. The molecule has 0 aliphatic heterocycles. The first-order valence-corrected chi connectivity index (χ1v) is 5.28. The number of nitro groups is 1. The van der Waals surface area contributed by atoms with Crippen LogP contribution in [-0.4, -0.2) is 16.4 Å². The van der Waals surface area contributed by atoms with Crippen molar-refractivity contribution < 1.29 is 9.72 Å². The smallest absolute Gasteiger partial charge is 0.269 e. The zero-order chi connectivity index (χ0) is 13.2. The van der Waals surface area contributed by atoms with Crippen molar-refractivity contribution in [1.82, 2.24) is 5.32 Å². The minimum absolute atomic E-state index is 0.00481. The van der Waals surface area contributed by atoms with Crippen molar-refractivity contribution in [2.45, 2.75) is 33.2 Å². The zero-order valence-corrected chi connectivity index (χ0v) is 10.4. The number of carbonyl (C=O) groups is 1. The van der Waals surface area contributed by atoms with Gasteiger partial charge in [0.2, 0.25) is 0 Å². The second-order valence-electron chi connectivity index (χ2n) is 4.96. The number of rotatable bonds is 2. The number of benzene rings is 1. The first kappa shape index (κ1) is 13.2. The van der Waals surface area contributed by atoms with E-state index in [1.807, 2.05) is 20.8 Å². The van der Waals surface area contributed by atoms with Crippen LogP contribution in [0.2, 0.25) is 0 Å². The molecule has 92 valence electrons. The molecule has 1 amide bonds. The van der Waals surface area contributed by atoms with Crippen LogP contribution in [0.1, 0.15) is 36.7 Å². The molecule has 0 aliphatic carbocycles. The van der Waals surface area contributed by atoms with Crippen LogP contribution < -0.4 is 5.32 Å². The van der Waals surface area contributed by atoms with Gasteiger partial charge in [0, 0.05) is 23.2 Å². The van der Waals surface area contributed by atoms with Gasteiger partial charge in [0.1, 0.15) is 0 Å². The maximum atomic E-state index is 11.9. The molecular formula is C12H16N2O3. The van der Waals surface area contributed by atoms with Gasteiger partial charge in [-0.25, -0.2) is 0 Å². The van der Waals surface area contributed by atoms with E-state index < -0.39 is 4.92 Å². The van der Waals surface area contributed by atoms with E-state index in [1.54, 1.807) is 6.92 Å². The van der Waals surface area contributed by atoms with Gasteiger partial charge < -0.3 is 5.32 Å². The van der Waals surface area contributed by atoms with Crippen molar-refractivity contribution >= 4 is 11.6 Å². The van der Waals surface area contributed by atoms with Crippen molar-refractivity contribution in [1.29, 1.82) is 0 Å². The molecule has 0 aliphatic rings. The van der Waals surface area contributed by atoms with E-state index in [4.69, 9.17) is 0 Å². The molecule has 1 N–H and O–H groups in total. The molecule has 0 aromatic heterocycles. The molecule has 5 heteroatoms. The molecule has 5 nitrogen and oxygen atoms in total. The van der Waals surface area contributed by atoms with Crippen LogP contribution in [0, 0.1) is 17.0 Å². The van der Waals surface area contributed by atoms with Gasteiger partial charge in [0.15, 0.2) is 0 Å². The fourth-order valence-corrected chi connectivity index (χ4v) is 1.42. The minimum atomic E-state index is -0.474. The number of hydrogen-bond acceptors (Lipinski definition) is 3. The number of nitrogens with one attached hydrogen (secondary N) is 1. The number of hydrogen-bond donors (Lipinski definition) is 1. The van der Waals surface area contributed by atoms with Crippen molar-refractivity contribution in [3.8, 4) is 0 Å². The lowest BCUT2D eigenvalue weighted by atomic mass is 10.0. The van der Waals surface area contributed by atoms with E-state index in [0.717, 1.165) is 0 Å². The van der Waals surface area contributed by atoms with E-state index in [-0.39, 0.29) is 17.1 Å². The molecule has 17 heavy (non-hydrogen) atoms. The number of nitro benzene ring substituents is 1. The SMILES string of the molecule is Cc1cc([N+](=O)[O-])ccc1C(=O)NC(C)(C)C. The van der Waals surface area contributed by atoms with E-state index in [2.05, 4.69) is 5.32 Å². The maximum absolute atomic E-state index is 11.9. The largest absolute Gasteiger partial charge is 0.347 e. The third-order valence-electron chi connectivity index (χ3n) is 2.15. The van der Waals surface area contributed by atoms with Crippen LogP contribution in [0.25, 0.3) is 0 Å². The Labute approximate surface area is 100.0 Å². The summed E-state index contributed by atoms with van der Waals surface area (Å²) in [5.41, 5.74) is 0.729. The Morgan fingerprint density at radius 3 is 2.35 bits per heavy atom. The standard InChI is InChI=1S/C12H16N2O3/c1-8-7-9(14(16)17)5-6-10(8)11(15)13-12(2,3)4/h5-7H,1-4H3,(H,13,15). The molecular weight excluding hydrogens is 220 g/mol. The van der Waals surface area contributed by atoms with Crippen LogP contribution in [0.15, 0.2) is 18.2 Å². The summed E-state index contributed by atoms with van der Waals surface area (Å²) in [6.45, 7) is 7.33. The highest BCUT2D eigenvalue weighted by Gasteiger charge is 2.18. The summed E-state index contributed by atoms with van der Waals surface area (Å²) in [7, 11) is 0. The quantitative estimate of drug-likeness (QED) is 0.633. The molecule has 0 radical (unpaired) electrons. The Morgan fingerprint density at radius 1 is 1.35 bits per heavy atom. The van der Waals surface area contributed by atoms with Gasteiger partial charge in [-0.2, -0.15) is 0 Å². The van der Waals surface area contributed by atoms with Crippen molar-refractivity contribution in [3.63, 3.8) is 0 Å². The average molecular weight is 236 g/mol. The van der Waals surface area contributed by atoms with Crippen LogP contribution in [0.4, 0.5) is 5.69 Å². The number of amides is 1. The molecule has 0 saturated carbocycles. The molecule has 1 aromatic carbocycles. The van der Waals surface area contributed by atoms with Gasteiger partial charge in [0.25, 0.3) is 11.6 Å². The summed E-state index contributed by atoms with van der Waals surface area (Å²) >= 11 is 0. The van der Waals surface area contributed by atoms with Crippen molar-refractivity contribution in [3.05, 3.63) is 39.4 Å². The van der Waals surface area contributed by atoms with Crippen LogP contribution in [0.3, 0.4) is 0 Å². The summed E-state index contributed by atoms with van der Waals surface area (Å²) in [5, 5.41) is 13.4. The Hall–Kier alpha value is -1.91. The Bertz CT molecular complexity index is 461. The van der Waals surface area contributed by atoms with Crippen molar-refractivity contribution in [2.75, 3.05) is 0 Å². The first-order chi connectivity index (χ1) is 7.70. The zero-order valence-electron chi connectivity index (χ0n) is 10.4. The van der Waals surface area contributed by atoms with E-state index in [9.17, 15) is 14.9 Å². The lowest BCUT2D eigenvalue weighted by molar-refractivity contribution is -0.384. The van der Waals surface area contributed by atoms with Crippen LogP contribution >= 0.6 is 0 Å².